The van der Waals surface area contributed by atoms with Crippen molar-refractivity contribution in [2.45, 2.75) is 6.92 Å². The second-order valence-corrected chi connectivity index (χ2v) is 3.02. The number of carbonyl (C=O) groups excluding carboxylic acids is 2. The zero-order valence-corrected chi connectivity index (χ0v) is 8.32. The van der Waals surface area contributed by atoms with Crippen LogP contribution in [0.5, 0.6) is 5.75 Å². The molecule has 3 N–H and O–H groups in total. The van der Waals surface area contributed by atoms with Gasteiger partial charge in [-0.3, -0.25) is 10.1 Å². The van der Waals surface area contributed by atoms with E-state index in [2.05, 4.69) is 0 Å². The number of carbonyl (C=O) groups is 2. The molecular weight excluding hydrogens is 196 g/mol. The number of imide groups is 1. The Morgan fingerprint density at radius 1 is 1.47 bits per heavy atom. The average Bonchev–Trinajstić information content (AvgIpc) is 2.14. The molecule has 15 heavy (non-hydrogen) atoms. The average molecular weight is 208 g/mol. The van der Waals surface area contributed by atoms with Crippen molar-refractivity contribution in [3.05, 3.63) is 29.8 Å². The van der Waals surface area contributed by atoms with Crippen molar-refractivity contribution >= 4 is 11.9 Å². The second kappa shape index (κ2) is 4.99. The number of hydrogen-bond donors (Lipinski definition) is 2. The van der Waals surface area contributed by atoms with Crippen LogP contribution in [-0.4, -0.2) is 18.5 Å². The van der Waals surface area contributed by atoms with Gasteiger partial charge in [-0.1, -0.05) is 12.1 Å². The van der Waals surface area contributed by atoms with Crippen molar-refractivity contribution in [1.82, 2.24) is 5.32 Å². The van der Waals surface area contributed by atoms with E-state index < -0.39 is 11.9 Å². The number of benzene rings is 1. The van der Waals surface area contributed by atoms with Crippen LogP contribution in [0.2, 0.25) is 0 Å². The number of ether oxygens (including phenoxy) is 1. The number of rotatable bonds is 3. The normalized spacial score (nSPS) is 9.40. The number of nitrogens with one attached hydrogen (secondary N) is 1. The van der Waals surface area contributed by atoms with Crippen LogP contribution in [-0.2, 0) is 4.79 Å². The molecule has 0 spiro atoms. The maximum atomic E-state index is 11.0. The molecule has 1 aromatic rings. The smallest absolute Gasteiger partial charge is 0.318 e. The summed E-state index contributed by atoms with van der Waals surface area (Å²) in [5.41, 5.74) is 5.79. The number of amides is 3. The molecule has 0 bridgehead atoms. The number of primary amides is 1. The minimum atomic E-state index is -0.882. The fourth-order valence-corrected chi connectivity index (χ4v) is 1.03. The molecule has 80 valence electrons. The van der Waals surface area contributed by atoms with Gasteiger partial charge < -0.3 is 10.5 Å². The Bertz CT molecular complexity index is 377. The summed E-state index contributed by atoms with van der Waals surface area (Å²) in [6.45, 7) is 1.68. The Morgan fingerprint density at radius 2 is 2.20 bits per heavy atom. The van der Waals surface area contributed by atoms with Gasteiger partial charge in [0.05, 0.1) is 0 Å². The van der Waals surface area contributed by atoms with Gasteiger partial charge in [-0.15, -0.1) is 0 Å². The van der Waals surface area contributed by atoms with E-state index >= 15 is 0 Å². The summed E-state index contributed by atoms with van der Waals surface area (Å²) in [6, 6.07) is 6.36. The highest BCUT2D eigenvalue weighted by Gasteiger charge is 2.04. The molecule has 0 heterocycles. The highest BCUT2D eigenvalue weighted by molar-refractivity contribution is 5.94. The number of urea groups is 1. The predicted octanol–water partition coefficient (Wildman–Crippen LogP) is 0.569. The van der Waals surface area contributed by atoms with E-state index in [9.17, 15) is 9.59 Å². The minimum Gasteiger partial charge on any atom is -0.484 e. The number of aryl methyl sites for hydroxylation is 1. The molecule has 3 amide bonds. The molecule has 0 aliphatic rings. The minimum absolute atomic E-state index is 0.230. The second-order valence-electron chi connectivity index (χ2n) is 3.02. The van der Waals surface area contributed by atoms with E-state index in [-0.39, 0.29) is 6.61 Å². The van der Waals surface area contributed by atoms with Crippen molar-refractivity contribution in [3.8, 4) is 5.75 Å². The largest absolute Gasteiger partial charge is 0.484 e. The fraction of sp³-hybridized carbons (Fsp3) is 0.200. The molecular formula is C10H12N2O3. The highest BCUT2D eigenvalue weighted by Crippen LogP contribution is 2.11. The van der Waals surface area contributed by atoms with Crippen LogP contribution < -0.4 is 15.8 Å². The first kappa shape index (κ1) is 11.0. The third-order valence-corrected chi connectivity index (χ3v) is 1.62. The number of nitrogens with two attached hydrogens (primary N) is 1. The SMILES string of the molecule is Cc1cccc(OCC(=O)NC(N)=O)c1. The van der Waals surface area contributed by atoms with Crippen molar-refractivity contribution < 1.29 is 14.3 Å². The first-order valence-electron chi connectivity index (χ1n) is 4.36. The van der Waals surface area contributed by atoms with Crippen molar-refractivity contribution in [1.29, 1.82) is 0 Å². The summed E-state index contributed by atoms with van der Waals surface area (Å²) >= 11 is 0. The standard InChI is InChI=1S/C10H12N2O3/c1-7-3-2-4-8(5-7)15-6-9(13)12-10(11)14/h2-5H,6H2,1H3,(H3,11,12,13,14). The van der Waals surface area contributed by atoms with Gasteiger partial charge in [0.15, 0.2) is 6.61 Å². The first-order valence-corrected chi connectivity index (χ1v) is 4.36. The maximum absolute atomic E-state index is 11.0. The summed E-state index contributed by atoms with van der Waals surface area (Å²) in [6.07, 6.45) is 0. The lowest BCUT2D eigenvalue weighted by molar-refractivity contribution is -0.121. The molecule has 1 rings (SSSR count). The summed E-state index contributed by atoms with van der Waals surface area (Å²) in [7, 11) is 0. The first-order chi connectivity index (χ1) is 7.08. The zero-order valence-electron chi connectivity index (χ0n) is 8.32. The highest BCUT2D eigenvalue weighted by atomic mass is 16.5. The van der Waals surface area contributed by atoms with Gasteiger partial charge in [-0.2, -0.15) is 0 Å². The molecule has 0 atom stereocenters. The van der Waals surface area contributed by atoms with Gasteiger partial charge in [0.25, 0.3) is 5.91 Å². The Kier molecular flexibility index (Phi) is 3.68. The van der Waals surface area contributed by atoms with Crippen LogP contribution >= 0.6 is 0 Å². The van der Waals surface area contributed by atoms with E-state index in [0.29, 0.717) is 5.75 Å². The zero-order chi connectivity index (χ0) is 11.3. The quantitative estimate of drug-likeness (QED) is 0.761. The van der Waals surface area contributed by atoms with Gasteiger partial charge in [-0.25, -0.2) is 4.79 Å². The fourth-order valence-electron chi connectivity index (χ4n) is 1.03. The van der Waals surface area contributed by atoms with E-state index in [1.54, 1.807) is 12.1 Å². The summed E-state index contributed by atoms with van der Waals surface area (Å²) < 4.78 is 5.13. The van der Waals surface area contributed by atoms with E-state index in [1.807, 2.05) is 24.4 Å². The van der Waals surface area contributed by atoms with E-state index in [4.69, 9.17) is 10.5 Å². The molecule has 0 aromatic heterocycles. The molecule has 5 heteroatoms. The monoisotopic (exact) mass is 208 g/mol. The lowest BCUT2D eigenvalue weighted by atomic mass is 10.2. The summed E-state index contributed by atoms with van der Waals surface area (Å²) in [4.78, 5) is 21.3. The van der Waals surface area contributed by atoms with Crippen LogP contribution in [0, 0.1) is 6.92 Å². The summed E-state index contributed by atoms with van der Waals surface area (Å²) in [5, 5.41) is 1.90. The molecule has 0 radical (unpaired) electrons. The van der Waals surface area contributed by atoms with Crippen LogP contribution in [0.25, 0.3) is 0 Å². The van der Waals surface area contributed by atoms with Gasteiger partial charge >= 0.3 is 6.03 Å². The van der Waals surface area contributed by atoms with Crippen LogP contribution in [0.3, 0.4) is 0 Å². The molecule has 1 aromatic carbocycles. The topological polar surface area (TPSA) is 81.4 Å². The van der Waals surface area contributed by atoms with Crippen LogP contribution in [0.15, 0.2) is 24.3 Å². The molecule has 0 aliphatic carbocycles. The van der Waals surface area contributed by atoms with E-state index in [0.717, 1.165) is 5.56 Å². The third-order valence-electron chi connectivity index (χ3n) is 1.62. The lowest BCUT2D eigenvalue weighted by Gasteiger charge is -2.05. The lowest BCUT2D eigenvalue weighted by Crippen LogP contribution is -2.38. The van der Waals surface area contributed by atoms with Crippen molar-refractivity contribution in [2.24, 2.45) is 5.73 Å². The van der Waals surface area contributed by atoms with Gasteiger partial charge in [0, 0.05) is 0 Å². The maximum Gasteiger partial charge on any atom is 0.318 e. The Morgan fingerprint density at radius 3 is 2.80 bits per heavy atom. The molecule has 5 nitrogen and oxygen atoms in total. The Balaban J connectivity index is 2.43. The molecule has 0 saturated carbocycles. The van der Waals surface area contributed by atoms with E-state index in [1.165, 1.54) is 0 Å². The van der Waals surface area contributed by atoms with Crippen LogP contribution in [0.1, 0.15) is 5.56 Å². The Hall–Kier alpha value is -2.04. The van der Waals surface area contributed by atoms with Crippen LogP contribution in [0.4, 0.5) is 4.79 Å². The predicted molar refractivity (Wildman–Crippen MR) is 54.4 cm³/mol. The van der Waals surface area contributed by atoms with Gasteiger partial charge in [0.1, 0.15) is 5.75 Å². The van der Waals surface area contributed by atoms with Crippen molar-refractivity contribution in [2.75, 3.05) is 6.61 Å². The Labute approximate surface area is 87.2 Å². The molecule has 0 unspecified atom stereocenters. The third kappa shape index (κ3) is 4.12. The summed E-state index contributed by atoms with van der Waals surface area (Å²) in [5.74, 6) is 0.0126. The molecule has 0 aliphatic heterocycles. The van der Waals surface area contributed by atoms with Gasteiger partial charge in [-0.05, 0) is 24.6 Å². The van der Waals surface area contributed by atoms with Crippen molar-refractivity contribution in [3.63, 3.8) is 0 Å². The molecule has 0 fully saturated rings. The molecule has 0 saturated heterocycles. The van der Waals surface area contributed by atoms with Gasteiger partial charge in [0.2, 0.25) is 0 Å². The number of hydrogen-bond acceptors (Lipinski definition) is 3.